The van der Waals surface area contributed by atoms with Gasteiger partial charge in [0.15, 0.2) is 0 Å². The summed E-state index contributed by atoms with van der Waals surface area (Å²) in [5.41, 5.74) is 0.106. The molecule has 5 heteroatoms. The average molecular weight is 281 g/mol. The molecule has 0 saturated carbocycles. The van der Waals surface area contributed by atoms with Crippen LogP contribution in [-0.4, -0.2) is 15.8 Å². The minimum atomic E-state index is -0.783. The van der Waals surface area contributed by atoms with Gasteiger partial charge in [-0.3, -0.25) is 4.79 Å². The summed E-state index contributed by atoms with van der Waals surface area (Å²) < 4.78 is 13.8. The molecule has 0 aliphatic heterocycles. The Balaban J connectivity index is 2.44. The molecule has 2 aromatic rings. The molecular weight excluding hydrogens is 275 g/mol. The van der Waals surface area contributed by atoms with E-state index in [1.807, 2.05) is 0 Å². The Morgan fingerprint density at radius 3 is 2.75 bits per heavy atom. The highest BCUT2D eigenvalue weighted by Gasteiger charge is 2.15. The van der Waals surface area contributed by atoms with E-state index in [0.717, 1.165) is 0 Å². The average Bonchev–Trinajstić information content (AvgIpc) is 2.29. The first kappa shape index (κ1) is 10.9. The first-order chi connectivity index (χ1) is 7.68. The molecule has 0 N–H and O–H groups in total. The molecule has 80 valence electrons. The summed E-state index contributed by atoms with van der Waals surface area (Å²) in [7, 11) is 0. The second-order valence-electron chi connectivity index (χ2n) is 3.02. The molecule has 0 aliphatic carbocycles. The number of rotatable bonds is 2. The van der Waals surface area contributed by atoms with Gasteiger partial charge in [-0.15, -0.1) is 0 Å². The van der Waals surface area contributed by atoms with E-state index < -0.39 is 11.7 Å². The minimum Gasteiger partial charge on any atom is -0.287 e. The summed E-state index contributed by atoms with van der Waals surface area (Å²) in [6, 6.07) is 7.77. The molecule has 0 atom stereocenters. The lowest BCUT2D eigenvalue weighted by Crippen LogP contribution is -2.07. The van der Waals surface area contributed by atoms with Crippen molar-refractivity contribution in [3.8, 4) is 0 Å². The topological polar surface area (TPSA) is 42.9 Å². The summed E-state index contributed by atoms with van der Waals surface area (Å²) in [5, 5.41) is 0. The smallest absolute Gasteiger partial charge is 0.224 e. The second-order valence-corrected chi connectivity index (χ2v) is 3.83. The number of hydrogen-bond donors (Lipinski definition) is 0. The SMILES string of the molecule is O=C(c1cccc(Br)n1)c1cccnc1F. The predicted molar refractivity (Wildman–Crippen MR) is 59.6 cm³/mol. The van der Waals surface area contributed by atoms with Crippen molar-refractivity contribution in [2.75, 3.05) is 0 Å². The molecule has 0 bridgehead atoms. The van der Waals surface area contributed by atoms with Crippen LogP contribution in [0, 0.1) is 5.95 Å². The first-order valence-electron chi connectivity index (χ1n) is 4.46. The maximum Gasteiger partial charge on any atom is 0.224 e. The fourth-order valence-corrected chi connectivity index (χ4v) is 1.57. The number of pyridine rings is 2. The van der Waals surface area contributed by atoms with Crippen LogP contribution in [0.5, 0.6) is 0 Å². The van der Waals surface area contributed by atoms with E-state index in [1.165, 1.54) is 24.4 Å². The summed E-state index contributed by atoms with van der Waals surface area (Å²) >= 11 is 3.15. The van der Waals surface area contributed by atoms with Gasteiger partial charge in [0.25, 0.3) is 0 Å². The maximum atomic E-state index is 13.3. The predicted octanol–water partition coefficient (Wildman–Crippen LogP) is 2.61. The molecule has 2 rings (SSSR count). The number of halogens is 2. The molecule has 2 heterocycles. The van der Waals surface area contributed by atoms with Crippen LogP contribution in [-0.2, 0) is 0 Å². The summed E-state index contributed by atoms with van der Waals surface area (Å²) in [6.45, 7) is 0. The molecule has 0 spiro atoms. The number of nitrogens with zero attached hydrogens (tertiary/aromatic N) is 2. The lowest BCUT2D eigenvalue weighted by atomic mass is 10.1. The zero-order chi connectivity index (χ0) is 11.5. The zero-order valence-electron chi connectivity index (χ0n) is 8.02. The van der Waals surface area contributed by atoms with Crippen LogP contribution in [0.3, 0.4) is 0 Å². The van der Waals surface area contributed by atoms with Crippen LogP contribution in [0.2, 0.25) is 0 Å². The molecule has 2 aromatic heterocycles. The Hall–Kier alpha value is -1.62. The number of hydrogen-bond acceptors (Lipinski definition) is 3. The minimum absolute atomic E-state index is 0.0758. The van der Waals surface area contributed by atoms with Gasteiger partial charge in [0.2, 0.25) is 11.7 Å². The van der Waals surface area contributed by atoms with E-state index in [2.05, 4.69) is 25.9 Å². The van der Waals surface area contributed by atoms with Gasteiger partial charge in [0.05, 0.1) is 5.56 Å². The van der Waals surface area contributed by atoms with E-state index in [9.17, 15) is 9.18 Å². The highest BCUT2D eigenvalue weighted by Crippen LogP contribution is 2.12. The Morgan fingerprint density at radius 1 is 1.25 bits per heavy atom. The van der Waals surface area contributed by atoms with Gasteiger partial charge in [-0.2, -0.15) is 4.39 Å². The number of ketones is 1. The quantitative estimate of drug-likeness (QED) is 0.627. The van der Waals surface area contributed by atoms with Gasteiger partial charge in [-0.05, 0) is 40.2 Å². The van der Waals surface area contributed by atoms with E-state index in [1.54, 1.807) is 12.1 Å². The standard InChI is InChI=1S/C11H6BrFN2O/c12-9-5-1-4-8(15-9)10(16)7-3-2-6-14-11(7)13/h1-6H. The van der Waals surface area contributed by atoms with Crippen LogP contribution in [0.4, 0.5) is 4.39 Å². The van der Waals surface area contributed by atoms with Crippen LogP contribution < -0.4 is 0 Å². The normalized spacial score (nSPS) is 10.1. The van der Waals surface area contributed by atoms with Crippen molar-refractivity contribution >= 4 is 21.7 Å². The molecule has 0 saturated heterocycles. The van der Waals surface area contributed by atoms with Crippen molar-refractivity contribution < 1.29 is 9.18 Å². The van der Waals surface area contributed by atoms with Crippen LogP contribution in [0.15, 0.2) is 41.1 Å². The Morgan fingerprint density at radius 2 is 2.06 bits per heavy atom. The van der Waals surface area contributed by atoms with Gasteiger partial charge >= 0.3 is 0 Å². The molecule has 3 nitrogen and oxygen atoms in total. The zero-order valence-corrected chi connectivity index (χ0v) is 9.61. The second kappa shape index (κ2) is 4.49. The van der Waals surface area contributed by atoms with Crippen LogP contribution >= 0.6 is 15.9 Å². The lowest BCUT2D eigenvalue weighted by molar-refractivity contribution is 0.102. The number of carbonyl (C=O) groups excluding carboxylic acids is 1. The summed E-state index contributed by atoms with van der Waals surface area (Å²) in [5.74, 6) is -1.26. The molecule has 0 aromatic carbocycles. The maximum absolute atomic E-state index is 13.3. The van der Waals surface area contributed by atoms with Crippen molar-refractivity contribution in [1.29, 1.82) is 0 Å². The Bertz CT molecular complexity index is 545. The lowest BCUT2D eigenvalue weighted by Gasteiger charge is -2.01. The Kier molecular flexibility index (Phi) is 3.05. The highest BCUT2D eigenvalue weighted by atomic mass is 79.9. The summed E-state index contributed by atoms with van der Waals surface area (Å²) in [6.07, 6.45) is 1.29. The van der Waals surface area contributed by atoms with E-state index in [-0.39, 0.29) is 11.3 Å². The molecule has 0 aliphatic rings. The monoisotopic (exact) mass is 280 g/mol. The third-order valence-corrected chi connectivity index (χ3v) is 2.39. The molecule has 0 unspecified atom stereocenters. The fourth-order valence-electron chi connectivity index (χ4n) is 1.23. The third-order valence-electron chi connectivity index (χ3n) is 1.95. The highest BCUT2D eigenvalue weighted by molar-refractivity contribution is 9.10. The summed E-state index contributed by atoms with van der Waals surface area (Å²) in [4.78, 5) is 19.2. The van der Waals surface area contributed by atoms with Gasteiger partial charge in [0, 0.05) is 6.20 Å². The first-order valence-corrected chi connectivity index (χ1v) is 5.25. The number of carbonyl (C=O) groups is 1. The van der Waals surface area contributed by atoms with Gasteiger partial charge in [0.1, 0.15) is 10.3 Å². The van der Waals surface area contributed by atoms with E-state index in [0.29, 0.717) is 4.60 Å². The van der Waals surface area contributed by atoms with E-state index in [4.69, 9.17) is 0 Å². The Labute approximate surface area is 99.5 Å². The van der Waals surface area contributed by atoms with Gasteiger partial charge in [-0.25, -0.2) is 9.97 Å². The van der Waals surface area contributed by atoms with Gasteiger partial charge in [-0.1, -0.05) is 6.07 Å². The number of aromatic nitrogens is 2. The third kappa shape index (κ3) is 2.14. The molecular formula is C11H6BrFN2O. The van der Waals surface area contributed by atoms with Crippen molar-refractivity contribution in [1.82, 2.24) is 9.97 Å². The fraction of sp³-hybridized carbons (Fsp3) is 0. The molecule has 16 heavy (non-hydrogen) atoms. The van der Waals surface area contributed by atoms with Crippen LogP contribution in [0.25, 0.3) is 0 Å². The molecule has 0 amide bonds. The van der Waals surface area contributed by atoms with Gasteiger partial charge < -0.3 is 0 Å². The largest absolute Gasteiger partial charge is 0.287 e. The van der Waals surface area contributed by atoms with Crippen molar-refractivity contribution in [3.05, 3.63) is 58.3 Å². The van der Waals surface area contributed by atoms with Crippen LogP contribution in [0.1, 0.15) is 16.1 Å². The van der Waals surface area contributed by atoms with E-state index >= 15 is 0 Å². The van der Waals surface area contributed by atoms with Crippen molar-refractivity contribution in [2.45, 2.75) is 0 Å². The molecule has 0 fully saturated rings. The van der Waals surface area contributed by atoms with Crippen molar-refractivity contribution in [3.63, 3.8) is 0 Å². The molecule has 0 radical (unpaired) electrons. The van der Waals surface area contributed by atoms with Crippen molar-refractivity contribution in [2.24, 2.45) is 0 Å².